The predicted molar refractivity (Wildman–Crippen MR) is 306 cm³/mol. The van der Waals surface area contributed by atoms with Crippen molar-refractivity contribution in [3.05, 3.63) is 85.1 Å². The van der Waals surface area contributed by atoms with E-state index in [0.717, 1.165) is 51.4 Å². The molecule has 0 spiro atoms. The normalized spacial score (nSPS) is 13.4. The molecule has 0 fully saturated rings. The van der Waals surface area contributed by atoms with Gasteiger partial charge in [0.15, 0.2) is 12.4 Å². The second kappa shape index (κ2) is 54.7. The van der Waals surface area contributed by atoms with Crippen LogP contribution in [0.15, 0.2) is 85.1 Å². The average molecular weight is 1020 g/mol. The fourth-order valence-electron chi connectivity index (χ4n) is 8.11. The molecule has 73 heavy (non-hydrogen) atoms. The zero-order valence-corrected chi connectivity index (χ0v) is 47.7. The van der Waals surface area contributed by atoms with Crippen molar-refractivity contribution in [2.45, 2.75) is 257 Å². The number of nitrogens with zero attached hydrogens (tertiary/aromatic N) is 1. The molecule has 0 aliphatic heterocycles. The molecular weight excluding hydrogens is 911 g/mol. The van der Waals surface area contributed by atoms with E-state index < -0.39 is 24.3 Å². The summed E-state index contributed by atoms with van der Waals surface area (Å²) in [5, 5.41) is 11.7. The van der Waals surface area contributed by atoms with Crippen LogP contribution >= 0.6 is 0 Å². The third-order valence-corrected chi connectivity index (χ3v) is 12.7. The van der Waals surface area contributed by atoms with E-state index in [9.17, 15) is 19.5 Å². The van der Waals surface area contributed by atoms with Crippen molar-refractivity contribution in [2.24, 2.45) is 0 Å². The molecule has 420 valence electrons. The number of rotatable bonds is 54. The lowest BCUT2D eigenvalue weighted by Gasteiger charge is -2.26. The van der Waals surface area contributed by atoms with Crippen LogP contribution in [0.25, 0.3) is 0 Å². The fraction of sp³-hybridized carbons (Fsp3) is 0.734. The first kappa shape index (κ1) is 69.5. The first-order valence-corrected chi connectivity index (χ1v) is 29.7. The van der Waals surface area contributed by atoms with Crippen LogP contribution in [0, 0.1) is 0 Å². The molecule has 0 aromatic carbocycles. The Balaban J connectivity index is 4.12. The highest BCUT2D eigenvalue weighted by Crippen LogP contribution is 2.16. The zero-order valence-electron chi connectivity index (χ0n) is 47.7. The Hall–Kier alpha value is -3.53. The summed E-state index contributed by atoms with van der Waals surface area (Å²) in [6.07, 6.45) is 69.8. The van der Waals surface area contributed by atoms with Crippen molar-refractivity contribution in [2.75, 3.05) is 47.5 Å². The highest BCUT2D eigenvalue weighted by atomic mass is 16.7. The minimum absolute atomic E-state index is 0.0136. The van der Waals surface area contributed by atoms with E-state index in [1.165, 1.54) is 161 Å². The summed E-state index contributed by atoms with van der Waals surface area (Å²) in [5.74, 6) is -2.45. The molecule has 0 bridgehead atoms. The lowest BCUT2D eigenvalue weighted by molar-refractivity contribution is -0.870. The summed E-state index contributed by atoms with van der Waals surface area (Å²) in [6.45, 7) is 4.51. The van der Waals surface area contributed by atoms with Gasteiger partial charge in [0.25, 0.3) is 0 Å². The van der Waals surface area contributed by atoms with Crippen molar-refractivity contribution in [3.8, 4) is 0 Å². The number of quaternary nitrogens is 1. The van der Waals surface area contributed by atoms with Crippen molar-refractivity contribution >= 4 is 17.9 Å². The van der Waals surface area contributed by atoms with Crippen molar-refractivity contribution in [3.63, 3.8) is 0 Å². The van der Waals surface area contributed by atoms with E-state index in [2.05, 4.69) is 80.7 Å². The van der Waals surface area contributed by atoms with Gasteiger partial charge in [0.05, 0.1) is 46.7 Å². The van der Waals surface area contributed by atoms with E-state index in [-0.39, 0.29) is 38.6 Å². The summed E-state index contributed by atoms with van der Waals surface area (Å²) in [5.41, 5.74) is 0. The Labute approximate surface area is 449 Å². The molecule has 0 aromatic heterocycles. The molecule has 9 heteroatoms. The summed E-state index contributed by atoms with van der Waals surface area (Å²) in [7, 11) is 5.89. The SMILES string of the molecule is CC/C=C\C/C=C\C/C=C\C/C=C\C/C=C\CC(=O)OC(COC(=O)CCCCCCCCCCCCCCCCCCCCCCC/C=C\C/C=C\CCCCCCC)COC(OCC[N+](C)(C)C)C(=O)[O-]. The molecule has 2 unspecified atom stereocenters. The molecule has 0 aliphatic rings. The Morgan fingerprint density at radius 1 is 0.438 bits per heavy atom. The van der Waals surface area contributed by atoms with Gasteiger partial charge in [-0.1, -0.05) is 247 Å². The Kier molecular flexibility index (Phi) is 52.1. The summed E-state index contributed by atoms with van der Waals surface area (Å²) < 4.78 is 22.5. The lowest BCUT2D eigenvalue weighted by atomic mass is 10.0. The molecule has 0 heterocycles. The van der Waals surface area contributed by atoms with Crippen LogP contribution < -0.4 is 5.11 Å². The summed E-state index contributed by atoms with van der Waals surface area (Å²) in [6, 6.07) is 0. The van der Waals surface area contributed by atoms with E-state index in [0.29, 0.717) is 17.4 Å². The molecule has 2 atom stereocenters. The fourth-order valence-corrected chi connectivity index (χ4v) is 8.11. The number of ether oxygens (including phenoxy) is 4. The van der Waals surface area contributed by atoms with Crippen LogP contribution in [0.1, 0.15) is 245 Å². The van der Waals surface area contributed by atoms with Crippen LogP contribution in [0.3, 0.4) is 0 Å². The van der Waals surface area contributed by atoms with Gasteiger partial charge in [-0.15, -0.1) is 0 Å². The maximum Gasteiger partial charge on any atom is 0.310 e. The molecular formula is C64H111NO8. The monoisotopic (exact) mass is 1020 g/mol. The third kappa shape index (κ3) is 56.0. The number of aliphatic carboxylic acids is 1. The highest BCUT2D eigenvalue weighted by molar-refractivity contribution is 5.71. The average Bonchev–Trinajstić information content (AvgIpc) is 3.36. The molecule has 0 rings (SSSR count). The minimum atomic E-state index is -1.65. The first-order valence-electron chi connectivity index (χ1n) is 29.7. The lowest BCUT2D eigenvalue weighted by Crippen LogP contribution is -2.44. The van der Waals surface area contributed by atoms with Gasteiger partial charge < -0.3 is 33.3 Å². The molecule has 0 aliphatic carbocycles. The van der Waals surface area contributed by atoms with Crippen molar-refractivity contribution in [1.82, 2.24) is 0 Å². The van der Waals surface area contributed by atoms with Gasteiger partial charge in [0, 0.05) is 6.42 Å². The molecule has 0 aromatic rings. The number of unbranched alkanes of at least 4 members (excludes halogenated alkanes) is 26. The second-order valence-corrected chi connectivity index (χ2v) is 20.9. The number of allylic oxidation sites excluding steroid dienone is 13. The molecule has 0 radical (unpaired) electrons. The van der Waals surface area contributed by atoms with Crippen LogP contribution in [0.4, 0.5) is 0 Å². The largest absolute Gasteiger partial charge is 0.545 e. The quantitative estimate of drug-likeness (QED) is 0.0195. The first-order chi connectivity index (χ1) is 35.6. The summed E-state index contributed by atoms with van der Waals surface area (Å²) >= 11 is 0. The van der Waals surface area contributed by atoms with Crippen LogP contribution in [0.2, 0.25) is 0 Å². The smallest absolute Gasteiger partial charge is 0.310 e. The second-order valence-electron chi connectivity index (χ2n) is 20.9. The molecule has 0 N–H and O–H groups in total. The van der Waals surface area contributed by atoms with E-state index >= 15 is 0 Å². The van der Waals surface area contributed by atoms with Gasteiger partial charge in [-0.25, -0.2) is 0 Å². The minimum Gasteiger partial charge on any atom is -0.545 e. The number of carbonyl (C=O) groups is 3. The molecule has 0 saturated carbocycles. The van der Waals surface area contributed by atoms with Crippen molar-refractivity contribution in [1.29, 1.82) is 0 Å². The third-order valence-electron chi connectivity index (χ3n) is 12.7. The zero-order chi connectivity index (χ0) is 53.4. The molecule has 9 nitrogen and oxygen atoms in total. The Morgan fingerprint density at radius 3 is 1.23 bits per heavy atom. The number of carboxylic acids is 1. The van der Waals surface area contributed by atoms with Crippen LogP contribution in [-0.4, -0.2) is 82.3 Å². The number of carboxylic acid groups (broad SMARTS) is 1. The van der Waals surface area contributed by atoms with Crippen molar-refractivity contribution < 1.29 is 42.9 Å². The molecule has 0 amide bonds. The Morgan fingerprint density at radius 2 is 0.822 bits per heavy atom. The number of carbonyl (C=O) groups excluding carboxylic acids is 3. The van der Waals surface area contributed by atoms with Gasteiger partial charge in [-0.3, -0.25) is 9.59 Å². The van der Waals surface area contributed by atoms with E-state index in [1.807, 2.05) is 33.3 Å². The van der Waals surface area contributed by atoms with E-state index in [1.54, 1.807) is 6.08 Å². The number of likely N-dealkylation sites (N-methyl/N-ethyl adjacent to an activating group) is 1. The Bertz CT molecular complexity index is 1470. The number of hydrogen-bond acceptors (Lipinski definition) is 8. The molecule has 0 saturated heterocycles. The van der Waals surface area contributed by atoms with Gasteiger partial charge >= 0.3 is 11.9 Å². The summed E-state index contributed by atoms with van der Waals surface area (Å²) in [4.78, 5) is 37.1. The van der Waals surface area contributed by atoms with E-state index in [4.69, 9.17) is 18.9 Å². The standard InChI is InChI=1S/C64H111NO8/c1-6-8-10-12-14-16-18-20-22-23-24-25-26-27-28-29-30-31-32-33-34-35-36-37-38-39-41-42-44-46-48-50-52-54-61(66)71-58-60(59-72-64(63(68)69)70-57-56-65(3,4)5)73-62(67)55-53-51-49-47-45-43-40-21-19-17-15-13-11-9-7-2/h9,11,15,17-18,20-21,23-24,40,45,47,51,53,60,64H,6-8,10,12-14,16,19,22,25-39,41-44,46,48-50,52,54-59H2,1-5H3/b11-9-,17-15-,20-18-,24-23-,40-21-,47-45-,53-51-. The maximum atomic E-state index is 12.7. The van der Waals surface area contributed by atoms with Gasteiger partial charge in [-0.05, 0) is 70.6 Å². The van der Waals surface area contributed by atoms with Gasteiger partial charge in [0.2, 0.25) is 0 Å². The van der Waals surface area contributed by atoms with Gasteiger partial charge in [-0.2, -0.15) is 0 Å². The topological polar surface area (TPSA) is 111 Å². The van der Waals surface area contributed by atoms with Gasteiger partial charge in [0.1, 0.15) is 13.2 Å². The van der Waals surface area contributed by atoms with Crippen LogP contribution in [0.5, 0.6) is 0 Å². The maximum absolute atomic E-state index is 12.7. The number of hydrogen-bond donors (Lipinski definition) is 0. The number of esters is 2. The predicted octanol–water partition coefficient (Wildman–Crippen LogP) is 16.2. The van der Waals surface area contributed by atoms with Crippen LogP contribution in [-0.2, 0) is 33.3 Å². The highest BCUT2D eigenvalue weighted by Gasteiger charge is 2.21.